The number of hydrogen-bond acceptors (Lipinski definition) is 5. The van der Waals surface area contributed by atoms with Gasteiger partial charge in [0.2, 0.25) is 11.8 Å². The first-order chi connectivity index (χ1) is 10.9. The molecule has 1 aromatic heterocycles. The number of alkyl halides is 2. The summed E-state index contributed by atoms with van der Waals surface area (Å²) in [6, 6.07) is 6.67. The predicted octanol–water partition coefficient (Wildman–Crippen LogP) is 2.23. The van der Waals surface area contributed by atoms with Gasteiger partial charge in [-0.05, 0) is 19.1 Å². The third kappa shape index (κ3) is 3.89. The number of nitrogens with zero attached hydrogens (tertiary/aromatic N) is 2. The number of aromatic nitrogens is 2. The fraction of sp³-hybridized carbons (Fsp3) is 0.400. The van der Waals surface area contributed by atoms with E-state index in [0.717, 1.165) is 5.56 Å². The Balaban J connectivity index is 1.58. The van der Waals surface area contributed by atoms with Crippen molar-refractivity contribution in [1.29, 1.82) is 0 Å². The number of nitrogens with one attached hydrogen (secondary N) is 2. The summed E-state index contributed by atoms with van der Waals surface area (Å²) in [6.45, 7) is 1.54. The fourth-order valence-electron chi connectivity index (χ4n) is 2.36. The smallest absolute Gasteiger partial charge is 0.262 e. The first-order valence-corrected chi connectivity index (χ1v) is 7.21. The van der Waals surface area contributed by atoms with Crippen molar-refractivity contribution in [1.82, 2.24) is 15.5 Å². The molecule has 1 atom stereocenters. The molecule has 2 aromatic rings. The van der Waals surface area contributed by atoms with Gasteiger partial charge in [0.25, 0.3) is 5.92 Å². The van der Waals surface area contributed by atoms with E-state index in [9.17, 15) is 13.6 Å². The molecule has 2 heterocycles. The van der Waals surface area contributed by atoms with Crippen molar-refractivity contribution >= 4 is 11.6 Å². The van der Waals surface area contributed by atoms with Crippen LogP contribution in [0.3, 0.4) is 0 Å². The molecule has 0 radical (unpaired) electrons. The maximum atomic E-state index is 13.2. The Bertz CT molecular complexity index is 700. The number of hydrogen-bond donors (Lipinski definition) is 2. The lowest BCUT2D eigenvalue weighted by molar-refractivity contribution is -0.115. The predicted molar refractivity (Wildman–Crippen MR) is 78.1 cm³/mol. The van der Waals surface area contributed by atoms with E-state index in [1.807, 2.05) is 19.1 Å². The summed E-state index contributed by atoms with van der Waals surface area (Å²) in [4.78, 5) is 16.0. The van der Waals surface area contributed by atoms with Gasteiger partial charge < -0.3 is 9.84 Å². The zero-order chi connectivity index (χ0) is 16.4. The summed E-state index contributed by atoms with van der Waals surface area (Å²) < 4.78 is 31.3. The summed E-state index contributed by atoms with van der Waals surface area (Å²) in [5.74, 6) is -2.82. The highest BCUT2D eigenvalue weighted by atomic mass is 19.3. The second-order valence-corrected chi connectivity index (χ2v) is 5.63. The SMILES string of the molecule is Cc1ccc(NC(=O)Cc2noc(C3CC(F)(F)CN3)n2)cc1. The molecular weight excluding hydrogens is 306 g/mol. The Labute approximate surface area is 131 Å². The molecule has 122 valence electrons. The Morgan fingerprint density at radius 3 is 2.83 bits per heavy atom. The number of carbonyl (C=O) groups is 1. The Morgan fingerprint density at radius 2 is 2.17 bits per heavy atom. The van der Waals surface area contributed by atoms with E-state index in [2.05, 4.69) is 20.8 Å². The molecule has 2 N–H and O–H groups in total. The van der Waals surface area contributed by atoms with Crippen LogP contribution in [-0.2, 0) is 11.2 Å². The minimum atomic E-state index is -2.78. The molecule has 3 rings (SSSR count). The van der Waals surface area contributed by atoms with Crippen LogP contribution in [0.4, 0.5) is 14.5 Å². The van der Waals surface area contributed by atoms with Crippen LogP contribution >= 0.6 is 0 Å². The van der Waals surface area contributed by atoms with E-state index in [-0.39, 0.29) is 30.5 Å². The summed E-state index contributed by atoms with van der Waals surface area (Å²) in [5, 5.41) is 9.01. The normalized spacial score (nSPS) is 19.7. The Hall–Kier alpha value is -2.35. The number of anilines is 1. The van der Waals surface area contributed by atoms with Crippen LogP contribution < -0.4 is 10.6 Å². The monoisotopic (exact) mass is 322 g/mol. The average Bonchev–Trinajstić information content (AvgIpc) is 3.07. The van der Waals surface area contributed by atoms with Crippen molar-refractivity contribution in [3.8, 4) is 0 Å². The molecule has 0 saturated carbocycles. The van der Waals surface area contributed by atoms with Gasteiger partial charge in [-0.1, -0.05) is 22.9 Å². The van der Waals surface area contributed by atoms with Crippen molar-refractivity contribution < 1.29 is 18.1 Å². The molecule has 1 amide bonds. The number of aryl methyl sites for hydroxylation is 1. The zero-order valence-corrected chi connectivity index (χ0v) is 12.5. The average molecular weight is 322 g/mol. The quantitative estimate of drug-likeness (QED) is 0.902. The van der Waals surface area contributed by atoms with Crippen molar-refractivity contribution in [2.24, 2.45) is 0 Å². The molecule has 1 aromatic carbocycles. The number of carbonyl (C=O) groups excluding carboxylic acids is 1. The highest BCUT2D eigenvalue weighted by molar-refractivity contribution is 5.91. The second-order valence-electron chi connectivity index (χ2n) is 5.63. The van der Waals surface area contributed by atoms with Gasteiger partial charge >= 0.3 is 0 Å². The lowest BCUT2D eigenvalue weighted by Crippen LogP contribution is -2.19. The molecule has 1 saturated heterocycles. The molecule has 1 aliphatic heterocycles. The number of halogens is 2. The van der Waals surface area contributed by atoms with E-state index < -0.39 is 18.5 Å². The van der Waals surface area contributed by atoms with E-state index >= 15 is 0 Å². The fourth-order valence-corrected chi connectivity index (χ4v) is 2.36. The number of rotatable bonds is 4. The van der Waals surface area contributed by atoms with Crippen molar-refractivity contribution in [3.05, 3.63) is 41.5 Å². The zero-order valence-electron chi connectivity index (χ0n) is 12.5. The van der Waals surface area contributed by atoms with Gasteiger partial charge in [0.15, 0.2) is 5.82 Å². The van der Waals surface area contributed by atoms with Gasteiger partial charge in [-0.2, -0.15) is 4.98 Å². The molecule has 0 spiro atoms. The van der Waals surface area contributed by atoms with Gasteiger partial charge in [-0.3, -0.25) is 10.1 Å². The molecule has 1 fully saturated rings. The van der Waals surface area contributed by atoms with Crippen LogP contribution in [0.5, 0.6) is 0 Å². The van der Waals surface area contributed by atoms with Crippen molar-refractivity contribution in [2.75, 3.05) is 11.9 Å². The van der Waals surface area contributed by atoms with E-state index in [0.29, 0.717) is 5.69 Å². The van der Waals surface area contributed by atoms with E-state index in [4.69, 9.17) is 4.52 Å². The molecule has 0 aliphatic carbocycles. The Morgan fingerprint density at radius 1 is 1.43 bits per heavy atom. The summed E-state index contributed by atoms with van der Waals surface area (Å²) >= 11 is 0. The summed E-state index contributed by atoms with van der Waals surface area (Å²) in [5.41, 5.74) is 1.76. The van der Waals surface area contributed by atoms with Crippen LogP contribution in [0.15, 0.2) is 28.8 Å². The lowest BCUT2D eigenvalue weighted by Gasteiger charge is -2.04. The Kier molecular flexibility index (Phi) is 4.08. The summed E-state index contributed by atoms with van der Waals surface area (Å²) in [7, 11) is 0. The molecule has 6 nitrogen and oxygen atoms in total. The highest BCUT2D eigenvalue weighted by Gasteiger charge is 2.42. The highest BCUT2D eigenvalue weighted by Crippen LogP contribution is 2.33. The van der Waals surface area contributed by atoms with Crippen LogP contribution in [0.1, 0.15) is 29.7 Å². The topological polar surface area (TPSA) is 80.0 Å². The maximum absolute atomic E-state index is 13.2. The third-order valence-electron chi connectivity index (χ3n) is 3.55. The minimum absolute atomic E-state index is 0.0828. The van der Waals surface area contributed by atoms with Crippen LogP contribution in [-0.4, -0.2) is 28.5 Å². The first kappa shape index (κ1) is 15.5. The van der Waals surface area contributed by atoms with Gasteiger partial charge in [0.05, 0.1) is 19.0 Å². The van der Waals surface area contributed by atoms with Gasteiger partial charge in [0, 0.05) is 12.1 Å². The number of amides is 1. The van der Waals surface area contributed by atoms with Crippen LogP contribution in [0.2, 0.25) is 0 Å². The molecular formula is C15H16F2N4O2. The largest absolute Gasteiger partial charge is 0.338 e. The molecule has 1 unspecified atom stereocenters. The minimum Gasteiger partial charge on any atom is -0.338 e. The van der Waals surface area contributed by atoms with E-state index in [1.165, 1.54) is 0 Å². The van der Waals surface area contributed by atoms with Crippen LogP contribution in [0.25, 0.3) is 0 Å². The third-order valence-corrected chi connectivity index (χ3v) is 3.55. The van der Waals surface area contributed by atoms with Gasteiger partial charge in [-0.25, -0.2) is 8.78 Å². The molecule has 8 heteroatoms. The summed E-state index contributed by atoms with van der Waals surface area (Å²) in [6.07, 6.45) is -0.468. The first-order valence-electron chi connectivity index (χ1n) is 7.21. The maximum Gasteiger partial charge on any atom is 0.262 e. The molecule has 0 bridgehead atoms. The van der Waals surface area contributed by atoms with Gasteiger partial charge in [-0.15, -0.1) is 0 Å². The van der Waals surface area contributed by atoms with E-state index in [1.54, 1.807) is 12.1 Å². The van der Waals surface area contributed by atoms with Crippen molar-refractivity contribution in [3.63, 3.8) is 0 Å². The molecule has 23 heavy (non-hydrogen) atoms. The van der Waals surface area contributed by atoms with Crippen LogP contribution in [0, 0.1) is 6.92 Å². The lowest BCUT2D eigenvalue weighted by atomic mass is 10.2. The second kappa shape index (κ2) is 6.04. The van der Waals surface area contributed by atoms with Crippen molar-refractivity contribution in [2.45, 2.75) is 31.7 Å². The van der Waals surface area contributed by atoms with Gasteiger partial charge in [0.1, 0.15) is 0 Å². The number of benzene rings is 1. The molecule has 1 aliphatic rings. The standard InChI is InChI=1S/C15H16F2N4O2/c1-9-2-4-10(5-3-9)19-13(22)6-12-20-14(23-21-12)11-7-15(16,17)8-18-11/h2-5,11,18H,6-8H2,1H3,(H,19,22).